The molecule has 0 saturated heterocycles. The van der Waals surface area contributed by atoms with E-state index in [0.717, 1.165) is 17.7 Å². The van der Waals surface area contributed by atoms with Crippen molar-refractivity contribution in [1.82, 2.24) is 0 Å². The smallest absolute Gasteiger partial charge is 0.316 e. The number of benzene rings is 1. The molecule has 0 aromatic heterocycles. The maximum Gasteiger partial charge on any atom is 0.316 e. The third kappa shape index (κ3) is 0.636. The predicted molar refractivity (Wildman–Crippen MR) is 47.8 cm³/mol. The minimum absolute atomic E-state index is 0.127. The molecule has 1 aromatic carbocycles. The number of anilines is 1. The van der Waals surface area contributed by atoms with Crippen molar-refractivity contribution in [3.63, 3.8) is 0 Å². The van der Waals surface area contributed by atoms with Crippen LogP contribution in [0.4, 0.5) is 5.69 Å². The number of carboxylic acids is 1. The second-order valence-corrected chi connectivity index (χ2v) is 3.72. The molecule has 3 nitrogen and oxygen atoms in total. The molecule has 2 N–H and O–H groups in total. The summed E-state index contributed by atoms with van der Waals surface area (Å²) in [7, 11) is 0. The molecule has 0 radical (unpaired) electrons. The summed E-state index contributed by atoms with van der Waals surface area (Å²) >= 11 is 0. The van der Waals surface area contributed by atoms with Crippen LogP contribution in [0.25, 0.3) is 0 Å². The fraction of sp³-hybridized carbons (Fsp3) is 0.300. The average Bonchev–Trinajstić information content (AvgIpc) is 2.75. The highest BCUT2D eigenvalue weighted by molar-refractivity contribution is 5.93. The minimum atomic E-state index is -0.699. The van der Waals surface area contributed by atoms with Gasteiger partial charge in [0.25, 0.3) is 0 Å². The number of carbonyl (C=O) groups is 1. The predicted octanol–water partition coefficient (Wildman–Crippen LogP) is 1.21. The van der Waals surface area contributed by atoms with E-state index in [1.165, 1.54) is 0 Å². The van der Waals surface area contributed by atoms with E-state index >= 15 is 0 Å². The van der Waals surface area contributed by atoms with Gasteiger partial charge in [0.15, 0.2) is 0 Å². The monoisotopic (exact) mass is 175 g/mol. The largest absolute Gasteiger partial charge is 0.481 e. The Kier molecular flexibility index (Phi) is 0.998. The van der Waals surface area contributed by atoms with Gasteiger partial charge in [0.2, 0.25) is 0 Å². The Morgan fingerprint density at radius 1 is 1.54 bits per heavy atom. The number of hydrogen-bond acceptors (Lipinski definition) is 2. The Labute approximate surface area is 75.4 Å². The van der Waals surface area contributed by atoms with E-state index in [1.807, 2.05) is 24.3 Å². The first-order valence-corrected chi connectivity index (χ1v) is 4.34. The van der Waals surface area contributed by atoms with Crippen molar-refractivity contribution in [3.05, 3.63) is 29.8 Å². The van der Waals surface area contributed by atoms with E-state index in [0.29, 0.717) is 0 Å². The first kappa shape index (κ1) is 6.95. The second-order valence-electron chi connectivity index (χ2n) is 3.72. The van der Waals surface area contributed by atoms with Crippen molar-refractivity contribution >= 4 is 11.7 Å². The van der Waals surface area contributed by atoms with Gasteiger partial charge >= 0.3 is 5.97 Å². The molecular weight excluding hydrogens is 166 g/mol. The molecule has 1 aliphatic carbocycles. The Balaban J connectivity index is 2.20. The number of rotatable bonds is 1. The van der Waals surface area contributed by atoms with Crippen LogP contribution >= 0.6 is 0 Å². The van der Waals surface area contributed by atoms with Crippen molar-refractivity contribution in [2.45, 2.75) is 17.9 Å². The van der Waals surface area contributed by atoms with Crippen LogP contribution in [0.3, 0.4) is 0 Å². The van der Waals surface area contributed by atoms with Gasteiger partial charge in [-0.05, 0) is 18.1 Å². The van der Waals surface area contributed by atoms with Gasteiger partial charge in [0.1, 0.15) is 5.41 Å². The highest BCUT2D eigenvalue weighted by Gasteiger charge is 2.66. The number of aliphatic carboxylic acids is 1. The van der Waals surface area contributed by atoms with Gasteiger partial charge in [-0.25, -0.2) is 0 Å². The van der Waals surface area contributed by atoms with Crippen molar-refractivity contribution < 1.29 is 9.90 Å². The molecule has 13 heavy (non-hydrogen) atoms. The molecule has 66 valence electrons. The zero-order valence-electron chi connectivity index (χ0n) is 6.95. The van der Waals surface area contributed by atoms with Crippen LogP contribution in [0.2, 0.25) is 0 Å². The highest BCUT2D eigenvalue weighted by Crippen LogP contribution is 2.57. The van der Waals surface area contributed by atoms with Gasteiger partial charge < -0.3 is 10.4 Å². The van der Waals surface area contributed by atoms with Gasteiger partial charge in [-0.2, -0.15) is 0 Å². The molecule has 2 unspecified atom stereocenters. The zero-order valence-corrected chi connectivity index (χ0v) is 6.95. The second kappa shape index (κ2) is 1.87. The SMILES string of the molecule is O=C(O)C12CC1Nc1ccccc12. The molecular formula is C10H9NO2. The molecule has 2 aliphatic rings. The molecule has 1 fully saturated rings. The molecule has 1 aromatic rings. The summed E-state index contributed by atoms with van der Waals surface area (Å²) in [6.07, 6.45) is 0.735. The fourth-order valence-electron chi connectivity index (χ4n) is 2.27. The average molecular weight is 175 g/mol. The Morgan fingerprint density at radius 3 is 3.08 bits per heavy atom. The maximum absolute atomic E-state index is 11.1. The van der Waals surface area contributed by atoms with Gasteiger partial charge in [-0.3, -0.25) is 4.79 Å². The van der Waals surface area contributed by atoms with Crippen LogP contribution in [-0.4, -0.2) is 17.1 Å². The molecule has 0 amide bonds. The Bertz CT molecular complexity index is 402. The fourth-order valence-corrected chi connectivity index (χ4v) is 2.27. The number of para-hydroxylation sites is 1. The Morgan fingerprint density at radius 2 is 2.31 bits per heavy atom. The summed E-state index contributed by atoms with van der Waals surface area (Å²) in [5, 5.41) is 12.3. The standard InChI is InChI=1S/C10H9NO2/c12-9(13)10-5-8(10)11-7-4-2-1-3-6(7)10/h1-4,8,11H,5H2,(H,12,13). The summed E-state index contributed by atoms with van der Waals surface area (Å²) in [4.78, 5) is 11.1. The van der Waals surface area contributed by atoms with Gasteiger partial charge in [0, 0.05) is 11.7 Å². The third-order valence-electron chi connectivity index (χ3n) is 3.08. The lowest BCUT2D eigenvalue weighted by atomic mass is 9.96. The number of hydrogen-bond donors (Lipinski definition) is 2. The first-order valence-electron chi connectivity index (χ1n) is 4.34. The summed E-state index contributed by atoms with van der Waals surface area (Å²) < 4.78 is 0. The Hall–Kier alpha value is -1.51. The van der Waals surface area contributed by atoms with Crippen molar-refractivity contribution in [2.24, 2.45) is 0 Å². The van der Waals surface area contributed by atoms with Crippen molar-refractivity contribution in [1.29, 1.82) is 0 Å². The van der Waals surface area contributed by atoms with Crippen LogP contribution < -0.4 is 5.32 Å². The van der Waals surface area contributed by atoms with Crippen LogP contribution in [0, 0.1) is 0 Å². The molecule has 3 rings (SSSR count). The molecule has 1 saturated carbocycles. The summed E-state index contributed by atoms with van der Waals surface area (Å²) in [6, 6.07) is 7.79. The van der Waals surface area contributed by atoms with E-state index in [2.05, 4.69) is 5.32 Å². The number of fused-ring (bicyclic) bond motifs is 3. The molecule has 0 bridgehead atoms. The van der Waals surface area contributed by atoms with E-state index in [9.17, 15) is 4.79 Å². The number of carboxylic acid groups (broad SMARTS) is 1. The van der Waals surface area contributed by atoms with Crippen LogP contribution in [0.15, 0.2) is 24.3 Å². The lowest BCUT2D eigenvalue weighted by Gasteiger charge is -2.07. The lowest BCUT2D eigenvalue weighted by Crippen LogP contribution is -2.21. The number of nitrogens with one attached hydrogen (secondary N) is 1. The maximum atomic E-state index is 11.1. The normalized spacial score (nSPS) is 33.1. The topological polar surface area (TPSA) is 49.3 Å². The minimum Gasteiger partial charge on any atom is -0.481 e. The van der Waals surface area contributed by atoms with Crippen LogP contribution in [0.5, 0.6) is 0 Å². The molecule has 0 spiro atoms. The highest BCUT2D eigenvalue weighted by atomic mass is 16.4. The van der Waals surface area contributed by atoms with E-state index in [1.54, 1.807) is 0 Å². The van der Waals surface area contributed by atoms with Crippen LogP contribution in [-0.2, 0) is 10.2 Å². The summed E-state index contributed by atoms with van der Waals surface area (Å²) in [5.41, 5.74) is 1.34. The van der Waals surface area contributed by atoms with Crippen LogP contribution in [0.1, 0.15) is 12.0 Å². The summed E-state index contributed by atoms with van der Waals surface area (Å²) in [5.74, 6) is -0.699. The van der Waals surface area contributed by atoms with E-state index in [4.69, 9.17) is 5.11 Å². The molecule has 3 heteroatoms. The zero-order chi connectivity index (χ0) is 9.05. The molecule has 1 heterocycles. The quantitative estimate of drug-likeness (QED) is 0.674. The molecule has 1 aliphatic heterocycles. The van der Waals surface area contributed by atoms with Gasteiger partial charge in [-0.15, -0.1) is 0 Å². The van der Waals surface area contributed by atoms with Crippen molar-refractivity contribution in [3.8, 4) is 0 Å². The van der Waals surface area contributed by atoms with E-state index < -0.39 is 11.4 Å². The van der Waals surface area contributed by atoms with E-state index in [-0.39, 0.29) is 6.04 Å². The van der Waals surface area contributed by atoms with Gasteiger partial charge in [-0.1, -0.05) is 18.2 Å². The first-order chi connectivity index (χ1) is 6.25. The third-order valence-corrected chi connectivity index (χ3v) is 3.08. The lowest BCUT2D eigenvalue weighted by molar-refractivity contribution is -0.139. The summed E-state index contributed by atoms with van der Waals surface area (Å²) in [6.45, 7) is 0. The molecule has 2 atom stereocenters. The van der Waals surface area contributed by atoms with Gasteiger partial charge in [0.05, 0.1) is 0 Å². The van der Waals surface area contributed by atoms with Crippen molar-refractivity contribution in [2.75, 3.05) is 5.32 Å².